The van der Waals surface area contributed by atoms with E-state index in [1.807, 2.05) is 10.9 Å². The smallest absolute Gasteiger partial charge is 0.331 e. The Hall–Kier alpha value is -4.90. The lowest BCUT2D eigenvalue weighted by Crippen LogP contribution is -2.35. The van der Waals surface area contributed by atoms with Crippen molar-refractivity contribution in [3.8, 4) is 22.6 Å². The Balaban J connectivity index is 1.27. The molecule has 0 spiro atoms. The van der Waals surface area contributed by atoms with Gasteiger partial charge >= 0.3 is 11.8 Å². The Morgan fingerprint density at radius 2 is 0.950 bits per heavy atom. The Bertz CT molecular complexity index is 1690. The van der Waals surface area contributed by atoms with E-state index in [9.17, 15) is 26.4 Å². The molecule has 4 aromatic rings. The summed E-state index contributed by atoms with van der Waals surface area (Å²) in [6, 6.07) is 17.7. The summed E-state index contributed by atoms with van der Waals surface area (Å²) in [5.41, 5.74) is 5.21. The molecule has 4 rings (SSSR count). The molecule has 206 valence electrons. The summed E-state index contributed by atoms with van der Waals surface area (Å²) in [4.78, 5) is 23.8. The van der Waals surface area contributed by atoms with Gasteiger partial charge in [-0.2, -0.15) is 10.2 Å². The first-order valence-electron chi connectivity index (χ1n) is 11.0. The van der Waals surface area contributed by atoms with Gasteiger partial charge in [-0.1, -0.05) is 0 Å². The third-order valence-electron chi connectivity index (χ3n) is 5.11. The summed E-state index contributed by atoms with van der Waals surface area (Å²) in [5.74, 6) is -0.901. The number of nitrogens with one attached hydrogen (secondary N) is 2. The molecule has 2 aromatic carbocycles. The normalized spacial score (nSPS) is 12.2. The van der Waals surface area contributed by atoms with Crippen molar-refractivity contribution >= 4 is 44.3 Å². The maximum atomic E-state index is 11.9. The van der Waals surface area contributed by atoms with Crippen LogP contribution in [0.3, 0.4) is 0 Å². The van der Waals surface area contributed by atoms with Crippen LogP contribution < -0.4 is 21.1 Å². The molecule has 0 radical (unpaired) electrons. The van der Waals surface area contributed by atoms with Gasteiger partial charge in [-0.3, -0.25) is 9.59 Å². The third-order valence-corrected chi connectivity index (χ3v) is 6.97. The largest absolute Gasteiger partial charge is 0.455 e. The van der Waals surface area contributed by atoms with Crippen molar-refractivity contribution < 1.29 is 35.3 Å². The van der Waals surface area contributed by atoms with Crippen LogP contribution in [0.2, 0.25) is 0 Å². The quantitative estimate of drug-likeness (QED) is 0.133. The van der Waals surface area contributed by atoms with E-state index in [1.54, 1.807) is 24.3 Å². The molecule has 2 heterocycles. The zero-order valence-electron chi connectivity index (χ0n) is 20.2. The average Bonchev–Trinajstić information content (AvgIpc) is 3.58. The topological polar surface area (TPSA) is 230 Å². The van der Waals surface area contributed by atoms with Crippen LogP contribution in [0.25, 0.3) is 22.6 Å². The van der Waals surface area contributed by atoms with Gasteiger partial charge in [-0.25, -0.2) is 38.0 Å². The molecule has 40 heavy (non-hydrogen) atoms. The van der Waals surface area contributed by atoms with Gasteiger partial charge in [0.2, 0.25) is 20.0 Å². The van der Waals surface area contributed by atoms with Crippen LogP contribution in [-0.4, -0.2) is 41.1 Å². The Morgan fingerprint density at radius 3 is 1.27 bits per heavy atom. The fourth-order valence-electron chi connectivity index (χ4n) is 3.18. The molecule has 2 amide bonds. The number of sulfonamides is 2. The molecule has 6 N–H and O–H groups in total. The second-order valence-electron chi connectivity index (χ2n) is 7.94. The van der Waals surface area contributed by atoms with Gasteiger partial charge in [0.1, 0.15) is 23.0 Å². The third kappa shape index (κ3) is 7.14. The van der Waals surface area contributed by atoms with Crippen LogP contribution in [0.15, 0.2) is 102 Å². The van der Waals surface area contributed by atoms with Crippen molar-refractivity contribution in [2.24, 2.45) is 20.5 Å². The number of hydrogen-bond donors (Lipinski definition) is 4. The first kappa shape index (κ1) is 28.1. The highest BCUT2D eigenvalue weighted by Gasteiger charge is 2.13. The number of amides is 2. The van der Waals surface area contributed by atoms with E-state index < -0.39 is 31.9 Å². The first-order valence-corrected chi connectivity index (χ1v) is 14.1. The van der Waals surface area contributed by atoms with Crippen molar-refractivity contribution in [2.45, 2.75) is 9.79 Å². The lowest BCUT2D eigenvalue weighted by atomic mass is 10.2. The van der Waals surface area contributed by atoms with Gasteiger partial charge in [0.05, 0.1) is 22.2 Å². The summed E-state index contributed by atoms with van der Waals surface area (Å²) in [6.45, 7) is 0. The fraction of sp³-hybridized carbons (Fsp3) is 0. The second-order valence-corrected chi connectivity index (χ2v) is 11.1. The van der Waals surface area contributed by atoms with Crippen molar-refractivity contribution in [2.75, 3.05) is 0 Å². The molecule has 16 heteroatoms. The van der Waals surface area contributed by atoms with E-state index in [0.29, 0.717) is 22.6 Å². The van der Waals surface area contributed by atoms with E-state index >= 15 is 0 Å². The van der Waals surface area contributed by atoms with Gasteiger partial charge in [0, 0.05) is 11.1 Å². The minimum absolute atomic E-state index is 0.0427. The number of nitrogens with two attached hydrogens (primary N) is 2. The molecule has 0 unspecified atom stereocenters. The summed E-state index contributed by atoms with van der Waals surface area (Å²) in [7, 11) is -7.63. The molecular weight excluding hydrogens is 564 g/mol. The molecule has 0 saturated carbocycles. The minimum Gasteiger partial charge on any atom is -0.455 e. The lowest BCUT2D eigenvalue weighted by Gasteiger charge is -2.00. The van der Waals surface area contributed by atoms with Crippen molar-refractivity contribution in [1.29, 1.82) is 0 Å². The Kier molecular flexibility index (Phi) is 8.05. The van der Waals surface area contributed by atoms with Crippen LogP contribution in [0.1, 0.15) is 11.5 Å². The monoisotopic (exact) mass is 584 g/mol. The first-order chi connectivity index (χ1) is 18.9. The maximum Gasteiger partial charge on any atom is 0.331 e. The number of hydrazone groups is 2. The summed E-state index contributed by atoms with van der Waals surface area (Å²) in [6.07, 6.45) is 2.33. The standard InChI is InChI=1S/C24H20N6O8S2/c25-39(33,34)19-7-1-15(2-8-19)21-11-5-17(37-21)13-27-29-23(31)24(32)30-28-14-18-6-12-22(38-18)16-3-9-20(10-4-16)40(26,35)36/h1-14H,(H,29,31)(H,30,32)(H2,25,33,34)(H2,26,35,36). The number of benzene rings is 2. The number of nitrogens with zero attached hydrogens (tertiary/aromatic N) is 2. The van der Waals surface area contributed by atoms with Crippen LogP contribution in [0, 0.1) is 0 Å². The van der Waals surface area contributed by atoms with Crippen molar-refractivity contribution in [1.82, 2.24) is 10.9 Å². The zero-order valence-corrected chi connectivity index (χ0v) is 21.8. The fourth-order valence-corrected chi connectivity index (χ4v) is 4.21. The van der Waals surface area contributed by atoms with Gasteiger partial charge < -0.3 is 8.83 Å². The van der Waals surface area contributed by atoms with Gasteiger partial charge in [0.25, 0.3) is 0 Å². The predicted molar refractivity (Wildman–Crippen MR) is 143 cm³/mol. The molecule has 0 atom stereocenters. The van der Waals surface area contributed by atoms with Gasteiger partial charge in [-0.05, 0) is 72.8 Å². The second kappa shape index (κ2) is 11.5. The zero-order chi connectivity index (χ0) is 28.9. The van der Waals surface area contributed by atoms with Gasteiger partial charge in [0.15, 0.2) is 0 Å². The molecule has 0 aliphatic rings. The van der Waals surface area contributed by atoms with Crippen LogP contribution >= 0.6 is 0 Å². The summed E-state index contributed by atoms with van der Waals surface area (Å²) >= 11 is 0. The Labute approximate surface area is 227 Å². The maximum absolute atomic E-state index is 11.9. The van der Waals surface area contributed by atoms with Crippen LogP contribution in [0.4, 0.5) is 0 Å². The predicted octanol–water partition coefficient (Wildman–Crippen LogP) is 1.10. The minimum atomic E-state index is -3.82. The lowest BCUT2D eigenvalue weighted by molar-refractivity contribution is -0.139. The summed E-state index contributed by atoms with van der Waals surface area (Å²) < 4.78 is 56.5. The molecule has 0 aliphatic carbocycles. The SMILES string of the molecule is NS(=O)(=O)c1ccc(-c2ccc(C=NNC(=O)C(=O)NN=Cc3ccc(-c4ccc(S(N)(=O)=O)cc4)o3)o2)cc1. The highest BCUT2D eigenvalue weighted by atomic mass is 32.2. The average molecular weight is 585 g/mol. The number of furan rings is 2. The molecule has 0 saturated heterocycles. The highest BCUT2D eigenvalue weighted by molar-refractivity contribution is 7.89. The van der Waals surface area contributed by atoms with E-state index in [2.05, 4.69) is 10.2 Å². The molecule has 2 aromatic heterocycles. The molecule has 0 aliphatic heterocycles. The highest BCUT2D eigenvalue weighted by Crippen LogP contribution is 2.24. The van der Waals surface area contributed by atoms with E-state index in [1.165, 1.54) is 48.5 Å². The number of hydrogen-bond acceptors (Lipinski definition) is 10. The van der Waals surface area contributed by atoms with Crippen LogP contribution in [-0.2, 0) is 29.6 Å². The molecular formula is C24H20N6O8S2. The molecule has 0 bridgehead atoms. The number of primary sulfonamides is 2. The van der Waals surface area contributed by atoms with Crippen molar-refractivity contribution in [3.63, 3.8) is 0 Å². The van der Waals surface area contributed by atoms with Crippen LogP contribution in [0.5, 0.6) is 0 Å². The number of carbonyl (C=O) groups excluding carboxylic acids is 2. The van der Waals surface area contributed by atoms with Gasteiger partial charge in [-0.15, -0.1) is 0 Å². The number of rotatable bonds is 8. The Morgan fingerprint density at radius 1 is 0.600 bits per heavy atom. The van der Waals surface area contributed by atoms with Crippen molar-refractivity contribution in [3.05, 3.63) is 84.3 Å². The summed E-state index contributed by atoms with van der Waals surface area (Å²) in [5, 5.41) is 17.5. The van der Waals surface area contributed by atoms with E-state index in [0.717, 1.165) is 12.4 Å². The van der Waals surface area contributed by atoms with E-state index in [4.69, 9.17) is 19.1 Å². The molecule has 0 fully saturated rings. The van der Waals surface area contributed by atoms with E-state index in [-0.39, 0.29) is 21.3 Å². The molecule has 14 nitrogen and oxygen atoms in total. The number of carbonyl (C=O) groups is 2.